The molecule has 1 aliphatic carbocycles. The fraction of sp³-hybridized carbons (Fsp3) is 0.263. The minimum absolute atomic E-state index is 0.0969. The molecule has 0 saturated heterocycles. The van der Waals surface area contributed by atoms with Crippen LogP contribution in [0.1, 0.15) is 34.9 Å². The molecule has 0 unspecified atom stereocenters. The largest absolute Gasteiger partial charge is 0.497 e. The van der Waals surface area contributed by atoms with Crippen molar-refractivity contribution in [2.24, 2.45) is 0 Å². The number of carbonyl (C=O) groups excluding carboxylic acids is 1. The van der Waals surface area contributed by atoms with Crippen LogP contribution < -0.4 is 15.6 Å². The number of hydrogen-bond acceptors (Lipinski definition) is 5. The smallest absolute Gasteiger partial charge is 0.284 e. The van der Waals surface area contributed by atoms with E-state index in [0.29, 0.717) is 16.9 Å². The van der Waals surface area contributed by atoms with E-state index < -0.39 is 5.91 Å². The minimum atomic E-state index is -0.488. The average molecular weight is 350 g/mol. The highest BCUT2D eigenvalue weighted by atomic mass is 16.5. The lowest BCUT2D eigenvalue weighted by atomic mass is 10.2. The molecule has 132 valence electrons. The van der Waals surface area contributed by atoms with Crippen LogP contribution in [0.2, 0.25) is 0 Å². The number of fused-ring (bicyclic) bond motifs is 1. The van der Waals surface area contributed by atoms with Crippen molar-refractivity contribution in [2.75, 3.05) is 7.11 Å². The van der Waals surface area contributed by atoms with Crippen LogP contribution in [0.3, 0.4) is 0 Å². The summed E-state index contributed by atoms with van der Waals surface area (Å²) in [7, 11) is 1.59. The molecule has 1 aromatic carbocycles. The highest BCUT2D eigenvalue weighted by Gasteiger charge is 2.29. The van der Waals surface area contributed by atoms with Gasteiger partial charge in [-0.1, -0.05) is 12.1 Å². The molecule has 7 nitrogen and oxygen atoms in total. The van der Waals surface area contributed by atoms with Crippen molar-refractivity contribution >= 4 is 17.1 Å². The number of rotatable bonds is 5. The molecule has 0 radical (unpaired) electrons. The van der Waals surface area contributed by atoms with E-state index in [1.54, 1.807) is 30.0 Å². The standard InChI is InChI=1S/C19H18N4O3/c1-26-14-5-2-4-12(10-14)11-21-18(24)16-19(25)23(13-7-8-13)17-15(22-16)6-3-9-20-17/h2-6,9-10,13H,7-8,11H2,1H3,(H,21,24). The maximum absolute atomic E-state index is 12.8. The van der Waals surface area contributed by atoms with Crippen LogP contribution in [-0.2, 0) is 6.54 Å². The third-order valence-electron chi connectivity index (χ3n) is 4.36. The van der Waals surface area contributed by atoms with E-state index in [4.69, 9.17) is 4.74 Å². The van der Waals surface area contributed by atoms with E-state index in [2.05, 4.69) is 15.3 Å². The Kier molecular flexibility index (Phi) is 4.12. The maximum Gasteiger partial charge on any atom is 0.284 e. The fourth-order valence-corrected chi connectivity index (χ4v) is 2.91. The monoisotopic (exact) mass is 350 g/mol. The van der Waals surface area contributed by atoms with Gasteiger partial charge < -0.3 is 10.1 Å². The Morgan fingerprint density at radius 1 is 1.31 bits per heavy atom. The first kappa shape index (κ1) is 16.3. The van der Waals surface area contributed by atoms with Gasteiger partial charge in [-0.2, -0.15) is 0 Å². The summed E-state index contributed by atoms with van der Waals surface area (Å²) in [5.74, 6) is 0.223. The second-order valence-electron chi connectivity index (χ2n) is 6.25. The molecule has 26 heavy (non-hydrogen) atoms. The van der Waals surface area contributed by atoms with Crippen LogP contribution in [0.15, 0.2) is 47.4 Å². The zero-order chi connectivity index (χ0) is 18.1. The summed E-state index contributed by atoms with van der Waals surface area (Å²) in [5, 5.41) is 2.77. The van der Waals surface area contributed by atoms with Gasteiger partial charge in [0.2, 0.25) is 0 Å². The summed E-state index contributed by atoms with van der Waals surface area (Å²) in [6.07, 6.45) is 3.46. The van der Waals surface area contributed by atoms with Gasteiger partial charge in [0, 0.05) is 18.8 Å². The van der Waals surface area contributed by atoms with Crippen molar-refractivity contribution < 1.29 is 9.53 Å². The number of aromatic nitrogens is 3. The Balaban J connectivity index is 1.64. The molecule has 0 atom stereocenters. The average Bonchev–Trinajstić information content (AvgIpc) is 3.50. The minimum Gasteiger partial charge on any atom is -0.497 e. The lowest BCUT2D eigenvalue weighted by Gasteiger charge is -2.11. The third kappa shape index (κ3) is 3.03. The SMILES string of the molecule is COc1cccc(CNC(=O)c2nc3cccnc3n(C3CC3)c2=O)c1. The van der Waals surface area contributed by atoms with Gasteiger partial charge >= 0.3 is 0 Å². The molecule has 1 amide bonds. The number of benzene rings is 1. The highest BCUT2D eigenvalue weighted by molar-refractivity contribution is 5.93. The van der Waals surface area contributed by atoms with E-state index in [1.807, 2.05) is 24.3 Å². The van der Waals surface area contributed by atoms with Crippen LogP contribution in [-0.4, -0.2) is 27.6 Å². The number of nitrogens with one attached hydrogen (secondary N) is 1. The Morgan fingerprint density at radius 3 is 2.92 bits per heavy atom. The van der Waals surface area contributed by atoms with Crippen molar-refractivity contribution in [3.05, 3.63) is 64.2 Å². The zero-order valence-corrected chi connectivity index (χ0v) is 14.3. The van der Waals surface area contributed by atoms with Crippen LogP contribution in [0.5, 0.6) is 5.75 Å². The Bertz CT molecular complexity index is 1040. The van der Waals surface area contributed by atoms with E-state index in [1.165, 1.54) is 0 Å². The number of pyridine rings is 1. The maximum atomic E-state index is 12.8. The number of ether oxygens (including phenoxy) is 1. The van der Waals surface area contributed by atoms with Crippen molar-refractivity contribution in [3.63, 3.8) is 0 Å². The van der Waals surface area contributed by atoms with Crippen LogP contribution in [0.25, 0.3) is 11.2 Å². The van der Waals surface area contributed by atoms with E-state index >= 15 is 0 Å². The number of amides is 1. The van der Waals surface area contributed by atoms with Crippen LogP contribution >= 0.6 is 0 Å². The van der Waals surface area contributed by atoms with Crippen molar-refractivity contribution in [3.8, 4) is 5.75 Å². The predicted molar refractivity (Wildman–Crippen MR) is 96.2 cm³/mol. The Labute approximate surface area is 149 Å². The van der Waals surface area contributed by atoms with Gasteiger partial charge in [0.15, 0.2) is 11.3 Å². The summed E-state index contributed by atoms with van der Waals surface area (Å²) in [5.41, 5.74) is 1.47. The van der Waals surface area contributed by atoms with Crippen LogP contribution in [0, 0.1) is 0 Å². The predicted octanol–water partition coefficient (Wildman–Crippen LogP) is 2.06. The Morgan fingerprint density at radius 2 is 2.15 bits per heavy atom. The first-order valence-electron chi connectivity index (χ1n) is 8.46. The molecule has 1 aliphatic rings. The van der Waals surface area contributed by atoms with Crippen molar-refractivity contribution in [2.45, 2.75) is 25.4 Å². The number of methoxy groups -OCH3 is 1. The highest BCUT2D eigenvalue weighted by Crippen LogP contribution is 2.35. The molecule has 7 heteroatoms. The van der Waals surface area contributed by atoms with Gasteiger partial charge in [-0.3, -0.25) is 14.2 Å². The molecule has 3 aromatic rings. The molecule has 2 heterocycles. The zero-order valence-electron chi connectivity index (χ0n) is 14.3. The molecule has 1 fully saturated rings. The second-order valence-corrected chi connectivity index (χ2v) is 6.25. The molecular formula is C19H18N4O3. The summed E-state index contributed by atoms with van der Waals surface area (Å²) < 4.78 is 6.78. The lowest BCUT2D eigenvalue weighted by molar-refractivity contribution is 0.0944. The molecule has 0 bridgehead atoms. The van der Waals surface area contributed by atoms with E-state index in [-0.39, 0.29) is 23.8 Å². The molecule has 2 aromatic heterocycles. The molecule has 1 N–H and O–H groups in total. The summed E-state index contributed by atoms with van der Waals surface area (Å²) in [6.45, 7) is 0.283. The molecule has 1 saturated carbocycles. The van der Waals surface area contributed by atoms with E-state index in [9.17, 15) is 9.59 Å². The van der Waals surface area contributed by atoms with Crippen LogP contribution in [0.4, 0.5) is 0 Å². The quantitative estimate of drug-likeness (QED) is 0.761. The first-order valence-corrected chi connectivity index (χ1v) is 8.46. The molecular weight excluding hydrogens is 332 g/mol. The van der Waals surface area contributed by atoms with E-state index in [0.717, 1.165) is 18.4 Å². The normalized spacial score (nSPS) is 13.6. The van der Waals surface area contributed by atoms with Gasteiger partial charge in [-0.25, -0.2) is 9.97 Å². The summed E-state index contributed by atoms with van der Waals surface area (Å²) in [4.78, 5) is 33.9. The van der Waals surface area contributed by atoms with Gasteiger partial charge in [0.25, 0.3) is 11.5 Å². The number of nitrogens with zero attached hydrogens (tertiary/aromatic N) is 3. The topological polar surface area (TPSA) is 86.1 Å². The van der Waals surface area contributed by atoms with Gasteiger partial charge in [-0.15, -0.1) is 0 Å². The van der Waals surface area contributed by atoms with Crippen molar-refractivity contribution in [1.29, 1.82) is 0 Å². The number of hydrogen-bond donors (Lipinski definition) is 1. The molecule has 4 rings (SSSR count). The van der Waals surface area contributed by atoms with Gasteiger partial charge in [-0.05, 0) is 42.7 Å². The van der Waals surface area contributed by atoms with Gasteiger partial charge in [0.1, 0.15) is 11.3 Å². The molecule has 0 spiro atoms. The Hall–Kier alpha value is -3.22. The third-order valence-corrected chi connectivity index (χ3v) is 4.36. The lowest BCUT2D eigenvalue weighted by Crippen LogP contribution is -2.34. The summed E-state index contributed by atoms with van der Waals surface area (Å²) in [6, 6.07) is 11.0. The second kappa shape index (κ2) is 6.59. The number of carbonyl (C=O) groups is 1. The van der Waals surface area contributed by atoms with Gasteiger partial charge in [0.05, 0.1) is 7.11 Å². The fourth-order valence-electron chi connectivity index (χ4n) is 2.91. The summed E-state index contributed by atoms with van der Waals surface area (Å²) >= 11 is 0. The van der Waals surface area contributed by atoms with Crippen molar-refractivity contribution in [1.82, 2.24) is 19.9 Å². The first-order chi connectivity index (χ1) is 12.7. The molecule has 0 aliphatic heterocycles.